The van der Waals surface area contributed by atoms with Crippen molar-refractivity contribution in [1.29, 1.82) is 0 Å². The van der Waals surface area contributed by atoms with Gasteiger partial charge in [0, 0.05) is 25.7 Å². The van der Waals surface area contributed by atoms with Gasteiger partial charge in [0.25, 0.3) is 5.91 Å². The summed E-state index contributed by atoms with van der Waals surface area (Å²) in [6, 6.07) is 12.4. The Morgan fingerprint density at radius 2 is 2.09 bits per heavy atom. The maximum Gasteiger partial charge on any atom is 0.287 e. The second-order valence-corrected chi connectivity index (χ2v) is 5.74. The van der Waals surface area contributed by atoms with Crippen LogP contribution in [0.3, 0.4) is 0 Å². The van der Waals surface area contributed by atoms with Gasteiger partial charge in [0.2, 0.25) is 0 Å². The molecule has 1 aromatic carbocycles. The topological polar surface area (TPSA) is 45.5 Å². The molecule has 0 aliphatic carbocycles. The summed E-state index contributed by atoms with van der Waals surface area (Å²) < 4.78 is 5.13. The van der Waals surface area contributed by atoms with Gasteiger partial charge in [0.1, 0.15) is 0 Å². The van der Waals surface area contributed by atoms with Crippen molar-refractivity contribution in [2.24, 2.45) is 0 Å². The molecule has 2 heterocycles. The summed E-state index contributed by atoms with van der Waals surface area (Å²) in [6.07, 6.45) is 3.62. The summed E-state index contributed by atoms with van der Waals surface area (Å²) in [5.41, 5.74) is 2.86. The minimum absolute atomic E-state index is 0.138. The predicted molar refractivity (Wildman–Crippen MR) is 85.7 cm³/mol. The summed E-state index contributed by atoms with van der Waals surface area (Å²) in [5, 5.41) is 2.98. The molecule has 0 saturated carbocycles. The Balaban J connectivity index is 1.59. The molecule has 4 heteroatoms. The first-order valence-electron chi connectivity index (χ1n) is 7.90. The molecule has 1 amide bonds. The molecule has 0 fully saturated rings. The first-order chi connectivity index (χ1) is 10.8. The summed E-state index contributed by atoms with van der Waals surface area (Å²) in [4.78, 5) is 14.4. The van der Waals surface area contributed by atoms with Crippen LogP contribution in [0.25, 0.3) is 0 Å². The van der Waals surface area contributed by atoms with Crippen molar-refractivity contribution in [3.05, 3.63) is 59.5 Å². The number of fused-ring (bicyclic) bond motifs is 1. The minimum atomic E-state index is -0.138. The fourth-order valence-electron chi connectivity index (χ4n) is 3.07. The molecule has 0 saturated heterocycles. The van der Waals surface area contributed by atoms with Crippen molar-refractivity contribution < 1.29 is 9.21 Å². The number of amides is 1. The monoisotopic (exact) mass is 298 g/mol. The lowest BCUT2D eigenvalue weighted by Gasteiger charge is -2.35. The van der Waals surface area contributed by atoms with Gasteiger partial charge in [0.15, 0.2) is 5.76 Å². The number of nitrogens with one attached hydrogen (secondary N) is 1. The van der Waals surface area contributed by atoms with Crippen molar-refractivity contribution in [1.82, 2.24) is 10.2 Å². The molecule has 1 atom stereocenters. The molecular weight excluding hydrogens is 276 g/mol. The zero-order chi connectivity index (χ0) is 15.4. The Morgan fingerprint density at radius 1 is 1.27 bits per heavy atom. The normalized spacial score (nSPS) is 16.0. The van der Waals surface area contributed by atoms with Gasteiger partial charge in [-0.2, -0.15) is 0 Å². The maximum absolute atomic E-state index is 12.0. The Bertz CT molecular complexity index is 622. The van der Waals surface area contributed by atoms with E-state index in [1.54, 1.807) is 12.1 Å². The molecule has 4 nitrogen and oxygen atoms in total. The molecule has 1 N–H and O–H groups in total. The number of furan rings is 1. The third-order valence-corrected chi connectivity index (χ3v) is 4.39. The highest BCUT2D eigenvalue weighted by Crippen LogP contribution is 2.21. The highest BCUT2D eigenvalue weighted by molar-refractivity contribution is 5.91. The van der Waals surface area contributed by atoms with Crippen LogP contribution in [0.5, 0.6) is 0 Å². The van der Waals surface area contributed by atoms with E-state index >= 15 is 0 Å². The van der Waals surface area contributed by atoms with Crippen LogP contribution in [0.1, 0.15) is 35.0 Å². The number of hydrogen-bond acceptors (Lipinski definition) is 3. The zero-order valence-electron chi connectivity index (χ0n) is 12.9. The van der Waals surface area contributed by atoms with Gasteiger partial charge in [-0.1, -0.05) is 31.2 Å². The van der Waals surface area contributed by atoms with E-state index in [0.717, 1.165) is 25.9 Å². The molecule has 0 unspecified atom stereocenters. The fourth-order valence-corrected chi connectivity index (χ4v) is 3.07. The number of nitrogens with zero attached hydrogens (tertiary/aromatic N) is 1. The molecule has 0 spiro atoms. The van der Waals surface area contributed by atoms with Gasteiger partial charge in [-0.3, -0.25) is 9.69 Å². The Labute approximate surface area is 131 Å². The van der Waals surface area contributed by atoms with Crippen LogP contribution < -0.4 is 5.32 Å². The van der Waals surface area contributed by atoms with Gasteiger partial charge in [-0.15, -0.1) is 0 Å². The molecule has 3 rings (SSSR count). The van der Waals surface area contributed by atoms with E-state index in [0.29, 0.717) is 18.3 Å². The van der Waals surface area contributed by atoms with Gasteiger partial charge < -0.3 is 9.73 Å². The Morgan fingerprint density at radius 3 is 2.82 bits per heavy atom. The summed E-state index contributed by atoms with van der Waals surface area (Å²) in [6.45, 7) is 4.83. The van der Waals surface area contributed by atoms with E-state index in [1.165, 1.54) is 17.4 Å². The summed E-state index contributed by atoms with van der Waals surface area (Å²) in [5.74, 6) is 0.236. The number of rotatable bonds is 5. The van der Waals surface area contributed by atoms with Gasteiger partial charge in [-0.05, 0) is 36.1 Å². The summed E-state index contributed by atoms with van der Waals surface area (Å²) in [7, 11) is 0. The Kier molecular flexibility index (Phi) is 4.59. The quantitative estimate of drug-likeness (QED) is 0.923. The van der Waals surface area contributed by atoms with E-state index in [-0.39, 0.29) is 5.91 Å². The van der Waals surface area contributed by atoms with Crippen LogP contribution >= 0.6 is 0 Å². The van der Waals surface area contributed by atoms with Gasteiger partial charge >= 0.3 is 0 Å². The van der Waals surface area contributed by atoms with Crippen molar-refractivity contribution in [3.63, 3.8) is 0 Å². The number of hydrogen-bond donors (Lipinski definition) is 1. The average Bonchev–Trinajstić information content (AvgIpc) is 3.09. The van der Waals surface area contributed by atoms with Crippen LogP contribution in [0.15, 0.2) is 47.1 Å². The van der Waals surface area contributed by atoms with Crippen molar-refractivity contribution >= 4 is 5.91 Å². The standard InChI is InChI=1S/C18H22N2O2/c1-2-16(12-19-18(21)17-8-5-11-22-17)20-10-9-14-6-3-4-7-15(14)13-20/h3-8,11,16H,2,9-10,12-13H2,1H3,(H,19,21)/t16-/m1/s1. The van der Waals surface area contributed by atoms with Crippen LogP contribution in [0.4, 0.5) is 0 Å². The minimum Gasteiger partial charge on any atom is -0.459 e. The van der Waals surface area contributed by atoms with Crippen LogP contribution in [0, 0.1) is 0 Å². The molecule has 1 aliphatic heterocycles. The molecule has 0 radical (unpaired) electrons. The molecule has 116 valence electrons. The van der Waals surface area contributed by atoms with Crippen molar-refractivity contribution in [3.8, 4) is 0 Å². The molecule has 0 bridgehead atoms. The SMILES string of the molecule is CC[C@H](CNC(=O)c1ccco1)N1CCc2ccccc2C1. The summed E-state index contributed by atoms with van der Waals surface area (Å²) >= 11 is 0. The van der Waals surface area contributed by atoms with Gasteiger partial charge in [-0.25, -0.2) is 0 Å². The molecule has 2 aromatic rings. The average molecular weight is 298 g/mol. The van der Waals surface area contributed by atoms with Gasteiger partial charge in [0.05, 0.1) is 6.26 Å². The zero-order valence-corrected chi connectivity index (χ0v) is 12.9. The highest BCUT2D eigenvalue weighted by atomic mass is 16.3. The lowest BCUT2D eigenvalue weighted by atomic mass is 9.98. The smallest absolute Gasteiger partial charge is 0.287 e. The van der Waals surface area contributed by atoms with Crippen LogP contribution in [0.2, 0.25) is 0 Å². The third kappa shape index (κ3) is 3.22. The first-order valence-corrected chi connectivity index (χ1v) is 7.90. The second kappa shape index (κ2) is 6.79. The number of carbonyl (C=O) groups excluding carboxylic acids is 1. The maximum atomic E-state index is 12.0. The third-order valence-electron chi connectivity index (χ3n) is 4.39. The van der Waals surface area contributed by atoms with E-state index < -0.39 is 0 Å². The number of benzene rings is 1. The molecule has 1 aliphatic rings. The second-order valence-electron chi connectivity index (χ2n) is 5.74. The van der Waals surface area contributed by atoms with E-state index in [2.05, 4.69) is 41.4 Å². The lowest BCUT2D eigenvalue weighted by molar-refractivity contribution is 0.0899. The lowest BCUT2D eigenvalue weighted by Crippen LogP contribution is -2.45. The van der Waals surface area contributed by atoms with Crippen LogP contribution in [-0.2, 0) is 13.0 Å². The predicted octanol–water partition coefficient (Wildman–Crippen LogP) is 2.85. The van der Waals surface area contributed by atoms with E-state index in [9.17, 15) is 4.79 Å². The molecule has 22 heavy (non-hydrogen) atoms. The van der Waals surface area contributed by atoms with E-state index in [1.807, 2.05) is 0 Å². The van der Waals surface area contributed by atoms with Crippen molar-refractivity contribution in [2.45, 2.75) is 32.4 Å². The highest BCUT2D eigenvalue weighted by Gasteiger charge is 2.23. The largest absolute Gasteiger partial charge is 0.459 e. The Hall–Kier alpha value is -2.07. The first kappa shape index (κ1) is 14.9. The molecular formula is C18H22N2O2. The van der Waals surface area contributed by atoms with E-state index in [4.69, 9.17) is 4.42 Å². The molecule has 1 aromatic heterocycles. The number of carbonyl (C=O) groups is 1. The van der Waals surface area contributed by atoms with Crippen molar-refractivity contribution in [2.75, 3.05) is 13.1 Å². The fraction of sp³-hybridized carbons (Fsp3) is 0.389. The van der Waals surface area contributed by atoms with Crippen LogP contribution in [-0.4, -0.2) is 29.9 Å².